The average molecular weight is 318 g/mol. The highest BCUT2D eigenvalue weighted by Crippen LogP contribution is 2.41. The molecule has 3 aromatic carbocycles. The van der Waals surface area contributed by atoms with Crippen molar-refractivity contribution < 1.29 is 4.84 Å². The number of rotatable bonds is 6. The molecule has 0 aliphatic rings. The Kier molecular flexibility index (Phi) is 5.06. The first kappa shape index (κ1) is 16.4. The summed E-state index contributed by atoms with van der Waals surface area (Å²) >= 11 is 0. The molecule has 0 saturated heterocycles. The van der Waals surface area contributed by atoms with Crippen molar-refractivity contribution in [2.75, 3.05) is 14.2 Å². The Morgan fingerprint density at radius 3 is 1.25 bits per heavy atom. The van der Waals surface area contributed by atoms with Crippen LogP contribution in [0.2, 0.25) is 0 Å². The Morgan fingerprint density at radius 1 is 0.667 bits per heavy atom. The summed E-state index contributed by atoms with van der Waals surface area (Å²) in [5.41, 5.74) is 5.97. The van der Waals surface area contributed by atoms with E-state index in [4.69, 9.17) is 4.84 Å². The van der Waals surface area contributed by atoms with Crippen LogP contribution in [0, 0.1) is 0 Å². The molecule has 0 heterocycles. The fourth-order valence-corrected chi connectivity index (χ4v) is 3.29. The predicted octanol–water partition coefficient (Wildman–Crippen LogP) is 3.98. The van der Waals surface area contributed by atoms with E-state index in [2.05, 4.69) is 78.2 Å². The van der Waals surface area contributed by atoms with Gasteiger partial charge in [0.15, 0.2) is 0 Å². The standard InChI is InChI=1S/C21H22N2O/c1-22-23(24-2)21(18-12-6-3-7-13-18,19-14-8-4-9-15-19)20-16-10-5-11-17-20/h3-17,22H,1-2H3. The predicted molar refractivity (Wildman–Crippen MR) is 97.1 cm³/mol. The van der Waals surface area contributed by atoms with Crippen LogP contribution in [0.3, 0.4) is 0 Å². The van der Waals surface area contributed by atoms with Crippen LogP contribution < -0.4 is 5.43 Å². The van der Waals surface area contributed by atoms with Crippen molar-refractivity contribution in [2.24, 2.45) is 0 Å². The fourth-order valence-electron chi connectivity index (χ4n) is 3.29. The van der Waals surface area contributed by atoms with E-state index in [0.29, 0.717) is 0 Å². The van der Waals surface area contributed by atoms with Gasteiger partial charge in [0, 0.05) is 7.05 Å². The van der Waals surface area contributed by atoms with E-state index >= 15 is 0 Å². The molecule has 3 rings (SSSR count). The van der Waals surface area contributed by atoms with Gasteiger partial charge >= 0.3 is 0 Å². The van der Waals surface area contributed by atoms with Gasteiger partial charge in [0.25, 0.3) is 0 Å². The van der Waals surface area contributed by atoms with Crippen LogP contribution in [0.4, 0.5) is 0 Å². The second-order valence-corrected chi connectivity index (χ2v) is 5.51. The zero-order chi connectivity index (χ0) is 16.8. The van der Waals surface area contributed by atoms with Crippen LogP contribution in [-0.4, -0.2) is 19.3 Å². The van der Waals surface area contributed by atoms with Crippen molar-refractivity contribution in [1.29, 1.82) is 0 Å². The third kappa shape index (κ3) is 2.74. The Morgan fingerprint density at radius 2 is 1.00 bits per heavy atom. The van der Waals surface area contributed by atoms with E-state index in [-0.39, 0.29) is 0 Å². The maximum Gasteiger partial charge on any atom is 0.137 e. The van der Waals surface area contributed by atoms with Crippen LogP contribution in [0.1, 0.15) is 16.7 Å². The summed E-state index contributed by atoms with van der Waals surface area (Å²) < 4.78 is 0. The SMILES string of the molecule is CNN(OC)C(c1ccccc1)(c1ccccc1)c1ccccc1. The normalized spacial score (nSPS) is 11.6. The summed E-state index contributed by atoms with van der Waals surface area (Å²) in [6, 6.07) is 31.2. The van der Waals surface area contributed by atoms with Crippen molar-refractivity contribution in [2.45, 2.75) is 5.54 Å². The summed E-state index contributed by atoms with van der Waals surface area (Å²) in [5, 5.41) is 1.80. The zero-order valence-corrected chi connectivity index (χ0v) is 14.0. The third-order valence-electron chi connectivity index (χ3n) is 4.26. The van der Waals surface area contributed by atoms with Crippen molar-refractivity contribution in [3.63, 3.8) is 0 Å². The van der Waals surface area contributed by atoms with Crippen molar-refractivity contribution in [3.8, 4) is 0 Å². The molecule has 1 N–H and O–H groups in total. The van der Waals surface area contributed by atoms with Gasteiger partial charge in [-0.25, -0.2) is 5.43 Å². The molecule has 0 aromatic heterocycles. The monoisotopic (exact) mass is 318 g/mol. The van der Waals surface area contributed by atoms with Crippen molar-refractivity contribution in [3.05, 3.63) is 108 Å². The quantitative estimate of drug-likeness (QED) is 0.550. The molecule has 0 radical (unpaired) electrons. The Bertz CT molecular complexity index is 644. The minimum Gasteiger partial charge on any atom is -0.286 e. The van der Waals surface area contributed by atoms with Crippen LogP contribution in [0.5, 0.6) is 0 Å². The van der Waals surface area contributed by atoms with E-state index in [1.165, 1.54) is 0 Å². The van der Waals surface area contributed by atoms with Gasteiger partial charge < -0.3 is 0 Å². The molecule has 0 fully saturated rings. The number of nitrogens with one attached hydrogen (secondary N) is 1. The zero-order valence-electron chi connectivity index (χ0n) is 14.0. The molecule has 0 bridgehead atoms. The lowest BCUT2D eigenvalue weighted by Gasteiger charge is -2.42. The van der Waals surface area contributed by atoms with Gasteiger partial charge in [-0.05, 0) is 16.7 Å². The Balaban J connectivity index is 2.37. The highest BCUT2D eigenvalue weighted by Gasteiger charge is 2.42. The number of benzene rings is 3. The number of hydrazine groups is 1. The van der Waals surface area contributed by atoms with E-state index < -0.39 is 5.54 Å². The Hall–Kier alpha value is -2.46. The van der Waals surface area contributed by atoms with Gasteiger partial charge in [0.2, 0.25) is 0 Å². The molecule has 0 aliphatic carbocycles. The van der Waals surface area contributed by atoms with Gasteiger partial charge in [0.1, 0.15) is 5.54 Å². The average Bonchev–Trinajstić information content (AvgIpc) is 2.68. The van der Waals surface area contributed by atoms with Gasteiger partial charge in [-0.3, -0.25) is 4.84 Å². The van der Waals surface area contributed by atoms with E-state index in [1.807, 2.05) is 25.2 Å². The molecule has 0 aliphatic heterocycles. The molecule has 0 atom stereocenters. The first-order chi connectivity index (χ1) is 11.8. The summed E-state index contributed by atoms with van der Waals surface area (Å²) in [6.45, 7) is 0. The smallest absolute Gasteiger partial charge is 0.137 e. The molecule has 24 heavy (non-hydrogen) atoms. The minimum absolute atomic E-state index is 0.604. The lowest BCUT2D eigenvalue weighted by atomic mass is 9.77. The summed E-state index contributed by atoms with van der Waals surface area (Å²) in [4.78, 5) is 5.75. The molecule has 0 spiro atoms. The van der Waals surface area contributed by atoms with Gasteiger partial charge in [-0.15, -0.1) is 5.17 Å². The fraction of sp³-hybridized carbons (Fsp3) is 0.143. The molecule has 0 unspecified atom stereocenters. The minimum atomic E-state index is -0.604. The van der Waals surface area contributed by atoms with Crippen molar-refractivity contribution in [1.82, 2.24) is 10.6 Å². The summed E-state index contributed by atoms with van der Waals surface area (Å²) in [5.74, 6) is 0. The number of hydrogen-bond acceptors (Lipinski definition) is 3. The third-order valence-corrected chi connectivity index (χ3v) is 4.26. The van der Waals surface area contributed by atoms with Crippen LogP contribution in [0.15, 0.2) is 91.0 Å². The van der Waals surface area contributed by atoms with Crippen LogP contribution >= 0.6 is 0 Å². The van der Waals surface area contributed by atoms with Crippen LogP contribution in [-0.2, 0) is 10.4 Å². The summed E-state index contributed by atoms with van der Waals surface area (Å²) in [6.07, 6.45) is 0. The maximum atomic E-state index is 5.75. The largest absolute Gasteiger partial charge is 0.286 e. The molecule has 0 amide bonds. The number of nitrogens with zero attached hydrogens (tertiary/aromatic N) is 1. The number of hydroxylamine groups is 1. The number of hydrogen-bond donors (Lipinski definition) is 1. The molecule has 3 aromatic rings. The topological polar surface area (TPSA) is 24.5 Å². The van der Waals surface area contributed by atoms with E-state index in [0.717, 1.165) is 16.7 Å². The molecule has 3 heteroatoms. The molecular formula is C21H22N2O. The van der Waals surface area contributed by atoms with Gasteiger partial charge in [0.05, 0.1) is 7.11 Å². The van der Waals surface area contributed by atoms with Gasteiger partial charge in [-0.1, -0.05) is 91.0 Å². The van der Waals surface area contributed by atoms with E-state index in [9.17, 15) is 0 Å². The first-order valence-corrected chi connectivity index (χ1v) is 8.02. The van der Waals surface area contributed by atoms with Crippen LogP contribution in [0.25, 0.3) is 0 Å². The lowest BCUT2D eigenvalue weighted by molar-refractivity contribution is -0.214. The second-order valence-electron chi connectivity index (χ2n) is 5.51. The molecule has 0 saturated carbocycles. The Labute approximate surface area is 143 Å². The molecular weight excluding hydrogens is 296 g/mol. The lowest BCUT2D eigenvalue weighted by Crippen LogP contribution is -2.53. The van der Waals surface area contributed by atoms with E-state index in [1.54, 1.807) is 12.3 Å². The highest BCUT2D eigenvalue weighted by molar-refractivity contribution is 5.48. The molecule has 122 valence electrons. The highest BCUT2D eigenvalue weighted by atomic mass is 16.7. The molecule has 3 nitrogen and oxygen atoms in total. The summed E-state index contributed by atoms with van der Waals surface area (Å²) in [7, 11) is 3.55. The second kappa shape index (κ2) is 7.41. The van der Waals surface area contributed by atoms with Gasteiger partial charge in [-0.2, -0.15) is 0 Å². The van der Waals surface area contributed by atoms with Crippen molar-refractivity contribution >= 4 is 0 Å². The maximum absolute atomic E-state index is 5.75. The first-order valence-electron chi connectivity index (χ1n) is 8.02.